The minimum absolute atomic E-state index is 0.00667. The topological polar surface area (TPSA) is 46.3 Å². The second-order valence-corrected chi connectivity index (χ2v) is 6.95. The van der Waals surface area contributed by atoms with Gasteiger partial charge in [-0.25, -0.2) is 0 Å². The maximum Gasteiger partial charge on any atom is 0.258 e. The van der Waals surface area contributed by atoms with Crippen LogP contribution in [0.5, 0.6) is 0 Å². The largest absolute Gasteiger partial charge is 0.324 e. The van der Waals surface area contributed by atoms with E-state index in [4.69, 9.17) is 5.73 Å². The van der Waals surface area contributed by atoms with Crippen LogP contribution in [-0.4, -0.2) is 11.9 Å². The molecule has 1 aliphatic rings. The third-order valence-corrected chi connectivity index (χ3v) is 5.12. The van der Waals surface area contributed by atoms with Gasteiger partial charge in [-0.3, -0.25) is 4.79 Å². The number of fused-ring (bicyclic) bond motifs is 1. The van der Waals surface area contributed by atoms with Crippen molar-refractivity contribution in [3.63, 3.8) is 0 Å². The molecule has 1 heterocycles. The van der Waals surface area contributed by atoms with Crippen LogP contribution in [0.4, 0.5) is 5.69 Å². The number of hydrogen-bond donors (Lipinski definition) is 1. The van der Waals surface area contributed by atoms with Gasteiger partial charge >= 0.3 is 0 Å². The van der Waals surface area contributed by atoms with E-state index in [2.05, 4.69) is 13.0 Å². The molecule has 0 radical (unpaired) electrons. The molecule has 0 aromatic heterocycles. The first-order chi connectivity index (χ1) is 12.2. The summed E-state index contributed by atoms with van der Waals surface area (Å²) < 4.78 is 0. The van der Waals surface area contributed by atoms with Gasteiger partial charge in [-0.15, -0.1) is 0 Å². The Morgan fingerprint density at radius 3 is 2.52 bits per heavy atom. The lowest BCUT2D eigenvalue weighted by Crippen LogP contribution is -2.46. The predicted molar refractivity (Wildman–Crippen MR) is 104 cm³/mol. The van der Waals surface area contributed by atoms with Gasteiger partial charge < -0.3 is 10.6 Å². The molecule has 3 heteroatoms. The number of para-hydroxylation sites is 1. The van der Waals surface area contributed by atoms with Crippen molar-refractivity contribution in [1.82, 2.24) is 0 Å². The highest BCUT2D eigenvalue weighted by molar-refractivity contribution is 6.07. The number of nitrogens with two attached hydrogens (primary N) is 1. The van der Waals surface area contributed by atoms with Crippen LogP contribution in [0.15, 0.2) is 54.6 Å². The number of amides is 1. The van der Waals surface area contributed by atoms with Gasteiger partial charge in [0.15, 0.2) is 0 Å². The fraction of sp³-hybridized carbons (Fsp3) is 0.409. The third kappa shape index (κ3) is 3.93. The fourth-order valence-electron chi connectivity index (χ4n) is 3.79. The highest BCUT2D eigenvalue weighted by Gasteiger charge is 2.34. The lowest BCUT2D eigenvalue weighted by Gasteiger charge is -2.40. The Hall–Kier alpha value is -2.13. The molecule has 1 aliphatic heterocycles. The monoisotopic (exact) mass is 336 g/mol. The molecule has 132 valence electrons. The smallest absolute Gasteiger partial charge is 0.258 e. The molecule has 0 saturated carbocycles. The number of rotatable bonds is 6. The highest BCUT2D eigenvalue weighted by Crippen LogP contribution is 2.38. The number of carbonyl (C=O) groups excluding carboxylic acids is 1. The van der Waals surface area contributed by atoms with E-state index in [1.54, 1.807) is 0 Å². The van der Waals surface area contributed by atoms with Crippen molar-refractivity contribution in [1.29, 1.82) is 0 Å². The number of nitrogens with zero attached hydrogens (tertiary/aromatic N) is 1. The molecule has 25 heavy (non-hydrogen) atoms. The van der Waals surface area contributed by atoms with Crippen LogP contribution in [0.3, 0.4) is 0 Å². The van der Waals surface area contributed by atoms with E-state index in [0.29, 0.717) is 0 Å². The van der Waals surface area contributed by atoms with Crippen molar-refractivity contribution < 1.29 is 4.79 Å². The molecule has 1 amide bonds. The van der Waals surface area contributed by atoms with Crippen LogP contribution >= 0.6 is 0 Å². The maximum absolute atomic E-state index is 13.3. The third-order valence-electron chi connectivity index (χ3n) is 5.12. The molecule has 0 aliphatic carbocycles. The zero-order chi connectivity index (χ0) is 17.6. The Balaban J connectivity index is 1.90. The number of unbranched alkanes of at least 4 members (excludes halogenated alkanes) is 3. The molecular weight excluding hydrogens is 308 g/mol. The molecule has 2 atom stereocenters. The van der Waals surface area contributed by atoms with Gasteiger partial charge in [-0.05, 0) is 36.6 Å². The van der Waals surface area contributed by atoms with Crippen molar-refractivity contribution in [2.75, 3.05) is 4.90 Å². The van der Waals surface area contributed by atoms with Crippen LogP contribution in [0.2, 0.25) is 0 Å². The Morgan fingerprint density at radius 2 is 1.76 bits per heavy atom. The molecule has 0 bridgehead atoms. The van der Waals surface area contributed by atoms with E-state index in [1.165, 1.54) is 19.3 Å². The lowest BCUT2D eigenvalue weighted by molar-refractivity contribution is 0.0969. The van der Waals surface area contributed by atoms with Gasteiger partial charge in [-0.2, -0.15) is 0 Å². The van der Waals surface area contributed by atoms with Crippen molar-refractivity contribution in [3.05, 3.63) is 65.7 Å². The van der Waals surface area contributed by atoms with Crippen molar-refractivity contribution in [3.8, 4) is 0 Å². The molecular formula is C22H28N2O. The molecule has 0 saturated heterocycles. The summed E-state index contributed by atoms with van der Waals surface area (Å²) in [7, 11) is 0. The molecule has 0 fully saturated rings. The van der Waals surface area contributed by atoms with Gasteiger partial charge in [0.1, 0.15) is 0 Å². The summed E-state index contributed by atoms with van der Waals surface area (Å²) >= 11 is 0. The van der Waals surface area contributed by atoms with Gasteiger partial charge in [0.25, 0.3) is 5.91 Å². The minimum atomic E-state index is 0.00667. The van der Waals surface area contributed by atoms with E-state index in [9.17, 15) is 4.79 Å². The van der Waals surface area contributed by atoms with E-state index in [0.717, 1.165) is 36.1 Å². The van der Waals surface area contributed by atoms with Crippen molar-refractivity contribution in [2.45, 2.75) is 57.5 Å². The normalized spacial score (nSPS) is 19.5. The summed E-state index contributed by atoms with van der Waals surface area (Å²) in [5.74, 6) is 0.0837. The second kappa shape index (κ2) is 8.30. The summed E-state index contributed by atoms with van der Waals surface area (Å²) in [5, 5.41) is 0. The average molecular weight is 336 g/mol. The van der Waals surface area contributed by atoms with Crippen LogP contribution in [0, 0.1) is 0 Å². The maximum atomic E-state index is 13.3. The minimum Gasteiger partial charge on any atom is -0.324 e. The molecule has 2 aromatic rings. The first-order valence-electron chi connectivity index (χ1n) is 9.45. The summed E-state index contributed by atoms with van der Waals surface area (Å²) in [6.45, 7) is 2.22. The lowest BCUT2D eigenvalue weighted by atomic mass is 9.88. The van der Waals surface area contributed by atoms with Crippen LogP contribution in [-0.2, 0) is 0 Å². The first-order valence-corrected chi connectivity index (χ1v) is 9.45. The van der Waals surface area contributed by atoms with E-state index in [1.807, 2.05) is 53.4 Å². The average Bonchev–Trinajstić information content (AvgIpc) is 2.66. The molecule has 0 spiro atoms. The zero-order valence-corrected chi connectivity index (χ0v) is 15.0. The number of hydrogen-bond acceptors (Lipinski definition) is 2. The molecule has 2 aromatic carbocycles. The van der Waals surface area contributed by atoms with Crippen LogP contribution in [0.25, 0.3) is 0 Å². The summed E-state index contributed by atoms with van der Waals surface area (Å²) in [6.07, 6.45) is 6.69. The number of carbonyl (C=O) groups is 1. The van der Waals surface area contributed by atoms with Crippen LogP contribution < -0.4 is 10.6 Å². The molecule has 2 unspecified atom stereocenters. The zero-order valence-electron chi connectivity index (χ0n) is 15.0. The van der Waals surface area contributed by atoms with Crippen molar-refractivity contribution >= 4 is 11.6 Å². The summed E-state index contributed by atoms with van der Waals surface area (Å²) in [6, 6.07) is 17.9. The predicted octanol–water partition coefficient (Wildman–Crippen LogP) is 5.08. The fourth-order valence-corrected chi connectivity index (χ4v) is 3.79. The Labute approximate surface area is 150 Å². The first kappa shape index (κ1) is 17.7. The van der Waals surface area contributed by atoms with Gasteiger partial charge in [0.05, 0.1) is 0 Å². The van der Waals surface area contributed by atoms with E-state index >= 15 is 0 Å². The number of benzene rings is 2. The van der Waals surface area contributed by atoms with Gasteiger partial charge in [-0.1, -0.05) is 69.0 Å². The molecule has 3 nitrogen and oxygen atoms in total. The second-order valence-electron chi connectivity index (χ2n) is 6.95. The van der Waals surface area contributed by atoms with Gasteiger partial charge in [0.2, 0.25) is 0 Å². The van der Waals surface area contributed by atoms with Gasteiger partial charge in [0, 0.05) is 23.3 Å². The standard InChI is InChI=1S/C22H28N2O/c1-2-3-4-8-13-18-16-20(23)19-14-9-10-15-21(19)24(18)22(25)17-11-6-5-7-12-17/h5-7,9-12,14-15,18,20H,2-4,8,13,16,23H2,1H3. The van der Waals surface area contributed by atoms with E-state index in [-0.39, 0.29) is 18.0 Å². The van der Waals surface area contributed by atoms with Crippen molar-refractivity contribution in [2.24, 2.45) is 5.73 Å². The molecule has 2 N–H and O–H groups in total. The Bertz CT molecular complexity index is 698. The summed E-state index contributed by atoms with van der Waals surface area (Å²) in [4.78, 5) is 15.3. The Kier molecular flexibility index (Phi) is 5.87. The number of anilines is 1. The Morgan fingerprint density at radius 1 is 1.04 bits per heavy atom. The highest BCUT2D eigenvalue weighted by atomic mass is 16.2. The molecule has 3 rings (SSSR count). The summed E-state index contributed by atoms with van der Waals surface area (Å²) in [5.41, 5.74) is 9.23. The van der Waals surface area contributed by atoms with Crippen LogP contribution in [0.1, 0.15) is 67.4 Å². The van der Waals surface area contributed by atoms with E-state index < -0.39 is 0 Å². The SMILES string of the molecule is CCCCCCC1CC(N)c2ccccc2N1C(=O)c1ccccc1. The quantitative estimate of drug-likeness (QED) is 0.748.